The Bertz CT molecular complexity index is 786. The highest BCUT2D eigenvalue weighted by Gasteiger charge is 2.26. The average molecular weight is 324 g/mol. The summed E-state index contributed by atoms with van der Waals surface area (Å²) in [4.78, 5) is 24.3. The fourth-order valence-corrected chi connectivity index (χ4v) is 2.91. The number of rotatable bonds is 4. The van der Waals surface area contributed by atoms with E-state index in [2.05, 4.69) is 10.6 Å². The van der Waals surface area contributed by atoms with E-state index in [4.69, 9.17) is 0 Å². The summed E-state index contributed by atoms with van der Waals surface area (Å²) < 4.78 is 0. The van der Waals surface area contributed by atoms with Crippen LogP contribution in [-0.4, -0.2) is 16.9 Å². The van der Waals surface area contributed by atoms with Gasteiger partial charge in [0.1, 0.15) is 5.75 Å². The molecule has 0 fully saturated rings. The number of carbonyl (C=O) groups excluding carboxylic acids is 2. The summed E-state index contributed by atoms with van der Waals surface area (Å²) in [6.07, 6.45) is 1.34. The van der Waals surface area contributed by atoms with Crippen LogP contribution in [0.4, 0.5) is 11.4 Å². The summed E-state index contributed by atoms with van der Waals surface area (Å²) >= 11 is 0. The van der Waals surface area contributed by atoms with E-state index in [1.165, 1.54) is 0 Å². The molecule has 1 aliphatic rings. The Kier molecular flexibility index (Phi) is 4.51. The summed E-state index contributed by atoms with van der Waals surface area (Å²) in [5, 5.41) is 15.4. The van der Waals surface area contributed by atoms with Crippen LogP contribution in [0.25, 0.3) is 0 Å². The molecule has 0 aliphatic carbocycles. The van der Waals surface area contributed by atoms with E-state index in [0.717, 1.165) is 16.8 Å². The van der Waals surface area contributed by atoms with Crippen LogP contribution >= 0.6 is 0 Å². The number of phenolic OH excluding ortho intramolecular Hbond substituents is 1. The SMILES string of the molecule is Cc1ccc(O)c(NC(=O)CC[C@@H]2Cc3ccccc3NC2=O)c1. The maximum atomic E-state index is 12.1. The van der Waals surface area contributed by atoms with Crippen LogP contribution in [0.1, 0.15) is 24.0 Å². The third kappa shape index (κ3) is 3.56. The number of hydrogen-bond donors (Lipinski definition) is 3. The lowest BCUT2D eigenvalue weighted by molar-refractivity contribution is -0.121. The topological polar surface area (TPSA) is 78.4 Å². The molecule has 3 N–H and O–H groups in total. The van der Waals surface area contributed by atoms with Crippen molar-refractivity contribution < 1.29 is 14.7 Å². The van der Waals surface area contributed by atoms with Gasteiger partial charge in [-0.3, -0.25) is 9.59 Å². The average Bonchev–Trinajstić information content (AvgIpc) is 2.56. The van der Waals surface area contributed by atoms with Gasteiger partial charge in [-0.1, -0.05) is 24.3 Å². The zero-order chi connectivity index (χ0) is 17.1. The van der Waals surface area contributed by atoms with E-state index in [1.54, 1.807) is 18.2 Å². The van der Waals surface area contributed by atoms with Crippen LogP contribution in [0.3, 0.4) is 0 Å². The van der Waals surface area contributed by atoms with Crippen molar-refractivity contribution in [1.29, 1.82) is 0 Å². The molecule has 0 saturated carbocycles. The van der Waals surface area contributed by atoms with Gasteiger partial charge in [-0.15, -0.1) is 0 Å². The summed E-state index contributed by atoms with van der Waals surface area (Å²) in [7, 11) is 0. The number of hydrogen-bond acceptors (Lipinski definition) is 3. The Morgan fingerprint density at radius 1 is 1.29 bits per heavy atom. The molecule has 5 heteroatoms. The maximum Gasteiger partial charge on any atom is 0.227 e. The van der Waals surface area contributed by atoms with Crippen LogP contribution in [0, 0.1) is 12.8 Å². The standard InChI is InChI=1S/C19H20N2O3/c1-12-6-8-17(22)16(10-12)20-18(23)9-7-14-11-13-4-2-3-5-15(13)21-19(14)24/h2-6,8,10,14,22H,7,9,11H2,1H3,(H,20,23)(H,21,24)/t14-/m1/s1. The second-order valence-electron chi connectivity index (χ2n) is 6.15. The largest absolute Gasteiger partial charge is 0.506 e. The number of aryl methyl sites for hydroxylation is 1. The summed E-state index contributed by atoms with van der Waals surface area (Å²) in [6, 6.07) is 12.8. The molecule has 1 heterocycles. The Balaban J connectivity index is 1.59. The van der Waals surface area contributed by atoms with Gasteiger partial charge < -0.3 is 15.7 Å². The number of para-hydroxylation sites is 1. The first kappa shape index (κ1) is 16.1. The highest BCUT2D eigenvalue weighted by atomic mass is 16.3. The first-order valence-corrected chi connectivity index (χ1v) is 8.01. The minimum Gasteiger partial charge on any atom is -0.506 e. The second-order valence-corrected chi connectivity index (χ2v) is 6.15. The molecular weight excluding hydrogens is 304 g/mol. The Morgan fingerprint density at radius 2 is 2.08 bits per heavy atom. The van der Waals surface area contributed by atoms with E-state index in [1.807, 2.05) is 31.2 Å². The quantitative estimate of drug-likeness (QED) is 0.756. The smallest absolute Gasteiger partial charge is 0.227 e. The van der Waals surface area contributed by atoms with E-state index in [0.29, 0.717) is 18.5 Å². The van der Waals surface area contributed by atoms with Gasteiger partial charge in [0.05, 0.1) is 5.69 Å². The molecule has 0 spiro atoms. The number of amides is 2. The zero-order valence-corrected chi connectivity index (χ0v) is 13.5. The predicted octanol–water partition coefficient (Wildman–Crippen LogP) is 3.23. The van der Waals surface area contributed by atoms with Gasteiger partial charge >= 0.3 is 0 Å². The number of benzene rings is 2. The van der Waals surface area contributed by atoms with Crippen molar-refractivity contribution in [1.82, 2.24) is 0 Å². The van der Waals surface area contributed by atoms with Crippen molar-refractivity contribution in [2.75, 3.05) is 10.6 Å². The van der Waals surface area contributed by atoms with Crippen molar-refractivity contribution in [3.63, 3.8) is 0 Å². The fraction of sp³-hybridized carbons (Fsp3) is 0.263. The molecule has 0 radical (unpaired) electrons. The molecule has 124 valence electrons. The van der Waals surface area contributed by atoms with Gasteiger partial charge in [0.15, 0.2) is 0 Å². The molecule has 2 amide bonds. The molecule has 0 saturated heterocycles. The molecule has 0 unspecified atom stereocenters. The molecule has 0 aromatic heterocycles. The molecule has 0 bridgehead atoms. The molecular formula is C19H20N2O3. The minimum atomic E-state index is -0.211. The number of carbonyl (C=O) groups is 2. The molecule has 2 aromatic carbocycles. The van der Waals surface area contributed by atoms with Gasteiger partial charge in [-0.25, -0.2) is 0 Å². The lowest BCUT2D eigenvalue weighted by atomic mass is 9.89. The summed E-state index contributed by atoms with van der Waals surface area (Å²) in [5.41, 5.74) is 3.30. The summed E-state index contributed by atoms with van der Waals surface area (Å²) in [5.74, 6) is -0.419. The molecule has 24 heavy (non-hydrogen) atoms. The lowest BCUT2D eigenvalue weighted by Gasteiger charge is -2.24. The zero-order valence-electron chi connectivity index (χ0n) is 13.5. The first-order chi connectivity index (χ1) is 11.5. The van der Waals surface area contributed by atoms with Crippen LogP contribution in [0.15, 0.2) is 42.5 Å². The van der Waals surface area contributed by atoms with Crippen molar-refractivity contribution in [3.8, 4) is 5.75 Å². The Morgan fingerprint density at radius 3 is 2.92 bits per heavy atom. The molecule has 1 aliphatic heterocycles. The van der Waals surface area contributed by atoms with Crippen molar-refractivity contribution >= 4 is 23.2 Å². The Hall–Kier alpha value is -2.82. The van der Waals surface area contributed by atoms with Gasteiger partial charge in [0, 0.05) is 18.0 Å². The summed E-state index contributed by atoms with van der Waals surface area (Å²) in [6.45, 7) is 1.89. The van der Waals surface area contributed by atoms with Crippen LogP contribution in [0.5, 0.6) is 5.75 Å². The third-order valence-corrected chi connectivity index (χ3v) is 4.26. The second kappa shape index (κ2) is 6.74. The van der Waals surface area contributed by atoms with Crippen LogP contribution < -0.4 is 10.6 Å². The highest BCUT2D eigenvalue weighted by Crippen LogP contribution is 2.28. The molecule has 1 atom stereocenters. The number of nitrogens with one attached hydrogen (secondary N) is 2. The normalized spacial score (nSPS) is 16.2. The highest BCUT2D eigenvalue weighted by molar-refractivity contribution is 5.97. The number of phenols is 1. The van der Waals surface area contributed by atoms with E-state index >= 15 is 0 Å². The monoisotopic (exact) mass is 324 g/mol. The number of fused-ring (bicyclic) bond motifs is 1. The lowest BCUT2D eigenvalue weighted by Crippen LogP contribution is -2.30. The maximum absolute atomic E-state index is 12.1. The van der Waals surface area contributed by atoms with Crippen molar-refractivity contribution in [2.24, 2.45) is 5.92 Å². The van der Waals surface area contributed by atoms with Gasteiger partial charge in [0.2, 0.25) is 11.8 Å². The fourth-order valence-electron chi connectivity index (χ4n) is 2.91. The van der Waals surface area contributed by atoms with Crippen molar-refractivity contribution in [3.05, 3.63) is 53.6 Å². The van der Waals surface area contributed by atoms with Crippen LogP contribution in [-0.2, 0) is 16.0 Å². The minimum absolute atomic E-state index is 0.0401. The molecule has 5 nitrogen and oxygen atoms in total. The predicted molar refractivity (Wildman–Crippen MR) is 93.0 cm³/mol. The third-order valence-electron chi connectivity index (χ3n) is 4.26. The van der Waals surface area contributed by atoms with Crippen LogP contribution in [0.2, 0.25) is 0 Å². The Labute approximate surface area is 140 Å². The number of aromatic hydroxyl groups is 1. The van der Waals surface area contributed by atoms with Gasteiger partial charge in [-0.2, -0.15) is 0 Å². The molecule has 2 aromatic rings. The van der Waals surface area contributed by atoms with Gasteiger partial charge in [-0.05, 0) is 49.1 Å². The van der Waals surface area contributed by atoms with E-state index < -0.39 is 0 Å². The van der Waals surface area contributed by atoms with Gasteiger partial charge in [0.25, 0.3) is 0 Å². The first-order valence-electron chi connectivity index (χ1n) is 8.01. The molecule has 3 rings (SSSR count). The van der Waals surface area contributed by atoms with E-state index in [-0.39, 0.29) is 29.9 Å². The van der Waals surface area contributed by atoms with Crippen molar-refractivity contribution in [2.45, 2.75) is 26.2 Å². The number of anilines is 2. The van der Waals surface area contributed by atoms with E-state index in [9.17, 15) is 14.7 Å².